The number of unbranched alkanes of at least 4 members (excludes halogenated alkanes) is 1. The van der Waals surface area contributed by atoms with E-state index in [0.717, 1.165) is 13.0 Å². The molecule has 0 unspecified atom stereocenters. The van der Waals surface area contributed by atoms with Gasteiger partial charge in [0.15, 0.2) is 0 Å². The Kier molecular flexibility index (Phi) is 11.4. The largest absolute Gasteiger partial charge is 0.379 e. The van der Waals surface area contributed by atoms with Crippen molar-refractivity contribution in [1.29, 1.82) is 0 Å². The summed E-state index contributed by atoms with van der Waals surface area (Å²) in [6.07, 6.45) is 9.40. The Hall–Kier alpha value is -1.32. The van der Waals surface area contributed by atoms with Gasteiger partial charge >= 0.3 is 0 Å². The minimum atomic E-state index is 0.893. The molecular formula is C24H37NS2. The normalized spacial score (nSPS) is 12.0. The first-order chi connectivity index (χ1) is 13.1. The van der Waals surface area contributed by atoms with Crippen LogP contribution in [-0.2, 0) is 13.0 Å². The number of nitrogens with one attached hydrogen (secondary N) is 1. The predicted molar refractivity (Wildman–Crippen MR) is 127 cm³/mol. The van der Waals surface area contributed by atoms with Crippen LogP contribution in [-0.4, -0.2) is 0 Å². The fourth-order valence-electron chi connectivity index (χ4n) is 2.83. The van der Waals surface area contributed by atoms with E-state index in [1.54, 1.807) is 0 Å². The van der Waals surface area contributed by atoms with E-state index in [1.165, 1.54) is 56.3 Å². The molecule has 2 aromatic rings. The van der Waals surface area contributed by atoms with Crippen LogP contribution in [0.15, 0.2) is 35.2 Å². The number of allylic oxidation sites excluding steroid dienone is 3. The minimum absolute atomic E-state index is 0.893. The van der Waals surface area contributed by atoms with Crippen molar-refractivity contribution in [2.75, 3.05) is 0 Å². The van der Waals surface area contributed by atoms with Gasteiger partial charge in [-0.25, -0.2) is 0 Å². The first-order valence-electron chi connectivity index (χ1n) is 10.3. The molecule has 0 atom stereocenters. The van der Waals surface area contributed by atoms with Gasteiger partial charge in [-0.05, 0) is 62.3 Å². The smallest absolute Gasteiger partial charge is 0.0536 e. The molecule has 2 rings (SSSR count). The number of hydrogen-bond donors (Lipinski definition) is 1. The maximum Gasteiger partial charge on any atom is 0.0536 e. The molecule has 0 fully saturated rings. The summed E-state index contributed by atoms with van der Waals surface area (Å²) in [5.41, 5.74) is 5.52. The van der Waals surface area contributed by atoms with Gasteiger partial charge in [-0.15, -0.1) is 22.7 Å². The Bertz CT molecular complexity index is 718. The van der Waals surface area contributed by atoms with Crippen LogP contribution >= 0.6 is 22.7 Å². The summed E-state index contributed by atoms with van der Waals surface area (Å²) < 4.78 is 0. The van der Waals surface area contributed by atoms with Crippen molar-refractivity contribution in [1.82, 2.24) is 5.32 Å². The van der Waals surface area contributed by atoms with Crippen molar-refractivity contribution in [2.24, 2.45) is 0 Å². The second-order valence-corrected chi connectivity index (χ2v) is 8.72. The molecule has 0 aliphatic carbocycles. The average Bonchev–Trinajstić information content (AvgIpc) is 3.29. The zero-order valence-corrected chi connectivity index (χ0v) is 19.9. The Morgan fingerprint density at radius 3 is 2.44 bits per heavy atom. The molecule has 0 saturated heterocycles. The van der Waals surface area contributed by atoms with Gasteiger partial charge in [0.1, 0.15) is 0 Å². The van der Waals surface area contributed by atoms with Crippen LogP contribution in [0.5, 0.6) is 0 Å². The summed E-state index contributed by atoms with van der Waals surface area (Å²) >= 11 is 3.78. The van der Waals surface area contributed by atoms with E-state index in [2.05, 4.69) is 69.6 Å². The van der Waals surface area contributed by atoms with Gasteiger partial charge in [-0.1, -0.05) is 58.3 Å². The van der Waals surface area contributed by atoms with Crippen LogP contribution in [0.1, 0.15) is 79.6 Å². The van der Waals surface area contributed by atoms with Gasteiger partial charge < -0.3 is 5.32 Å². The van der Waals surface area contributed by atoms with E-state index in [1.807, 2.05) is 36.5 Å². The molecule has 0 bridgehead atoms. The first kappa shape index (κ1) is 23.7. The molecule has 0 aromatic carbocycles. The molecule has 2 aromatic heterocycles. The van der Waals surface area contributed by atoms with Gasteiger partial charge in [0.2, 0.25) is 0 Å². The quantitative estimate of drug-likeness (QED) is 0.415. The third kappa shape index (κ3) is 7.31. The number of thiophene rings is 2. The zero-order valence-electron chi connectivity index (χ0n) is 18.2. The Balaban J connectivity index is 0.00000176. The third-order valence-corrected chi connectivity index (χ3v) is 6.79. The summed E-state index contributed by atoms with van der Waals surface area (Å²) in [6.45, 7) is 16.1. The van der Waals surface area contributed by atoms with Gasteiger partial charge in [0.05, 0.1) is 10.6 Å². The van der Waals surface area contributed by atoms with Crippen LogP contribution < -0.4 is 5.32 Å². The molecule has 1 nitrogen and oxygen atoms in total. The lowest BCUT2D eigenvalue weighted by atomic mass is 10.1. The van der Waals surface area contributed by atoms with Gasteiger partial charge in [-0.3, -0.25) is 0 Å². The maximum atomic E-state index is 3.71. The Labute approximate surface area is 175 Å². The summed E-state index contributed by atoms with van der Waals surface area (Å²) in [5.74, 6) is 0. The highest BCUT2D eigenvalue weighted by molar-refractivity contribution is 7.13. The van der Waals surface area contributed by atoms with Crippen LogP contribution in [0.25, 0.3) is 5.70 Å². The Morgan fingerprint density at radius 2 is 1.85 bits per heavy atom. The van der Waals surface area contributed by atoms with Crippen LogP contribution in [0.4, 0.5) is 0 Å². The predicted octanol–water partition coefficient (Wildman–Crippen LogP) is 8.28. The molecule has 3 heteroatoms. The number of hydrogen-bond acceptors (Lipinski definition) is 3. The molecule has 2 heterocycles. The van der Waals surface area contributed by atoms with E-state index in [-0.39, 0.29) is 0 Å². The molecular weight excluding hydrogens is 366 g/mol. The Morgan fingerprint density at radius 1 is 1.11 bits per heavy atom. The van der Waals surface area contributed by atoms with E-state index in [9.17, 15) is 0 Å². The van der Waals surface area contributed by atoms with Crippen molar-refractivity contribution in [3.8, 4) is 0 Å². The molecule has 0 aliphatic rings. The van der Waals surface area contributed by atoms with Gasteiger partial charge in [-0.2, -0.15) is 0 Å². The van der Waals surface area contributed by atoms with Crippen LogP contribution in [0.3, 0.4) is 0 Å². The van der Waals surface area contributed by atoms with E-state index >= 15 is 0 Å². The SMILES string of the molecule is CC.CCC/C=C(C)/C=C(/NCc1cccs1)c1sc(CCC)c(C)c1C. The van der Waals surface area contributed by atoms with Crippen molar-refractivity contribution in [3.63, 3.8) is 0 Å². The lowest BCUT2D eigenvalue weighted by Gasteiger charge is -2.11. The molecule has 27 heavy (non-hydrogen) atoms. The molecule has 0 radical (unpaired) electrons. The molecule has 0 spiro atoms. The monoisotopic (exact) mass is 403 g/mol. The number of rotatable bonds is 9. The maximum absolute atomic E-state index is 3.71. The van der Waals surface area contributed by atoms with Gasteiger partial charge in [0, 0.05) is 16.3 Å². The highest BCUT2D eigenvalue weighted by atomic mass is 32.1. The lowest BCUT2D eigenvalue weighted by molar-refractivity contribution is 0.907. The topological polar surface area (TPSA) is 12.0 Å². The lowest BCUT2D eigenvalue weighted by Crippen LogP contribution is -2.11. The minimum Gasteiger partial charge on any atom is -0.379 e. The molecule has 0 saturated carbocycles. The second kappa shape index (κ2) is 13.0. The number of aryl methyl sites for hydroxylation is 1. The summed E-state index contributed by atoms with van der Waals surface area (Å²) in [6, 6.07) is 4.32. The van der Waals surface area contributed by atoms with Crippen LogP contribution in [0.2, 0.25) is 0 Å². The van der Waals surface area contributed by atoms with E-state index in [4.69, 9.17) is 0 Å². The zero-order chi connectivity index (χ0) is 20.2. The van der Waals surface area contributed by atoms with Crippen LogP contribution in [0, 0.1) is 13.8 Å². The summed E-state index contributed by atoms with van der Waals surface area (Å²) in [5, 5.41) is 5.86. The standard InChI is InChI=1S/C22H31NS2.C2H6/c1-6-8-11-16(3)14-20(23-15-19-12-9-13-24-19)22-18(5)17(4)21(25-22)10-7-2;1-2/h9,11-14,23H,6-8,10,15H2,1-5H3;1-2H3/b16-11+,20-14+;. The van der Waals surface area contributed by atoms with E-state index in [0.29, 0.717) is 0 Å². The average molecular weight is 404 g/mol. The first-order valence-corrected chi connectivity index (χ1v) is 12.0. The van der Waals surface area contributed by atoms with Crippen molar-refractivity contribution in [3.05, 3.63) is 61.0 Å². The molecule has 0 amide bonds. The molecule has 0 aliphatic heterocycles. The van der Waals surface area contributed by atoms with Crippen molar-refractivity contribution >= 4 is 28.4 Å². The van der Waals surface area contributed by atoms with Crippen molar-refractivity contribution in [2.45, 2.75) is 80.7 Å². The molecule has 1 N–H and O–H groups in total. The van der Waals surface area contributed by atoms with Gasteiger partial charge in [0.25, 0.3) is 0 Å². The fraction of sp³-hybridized carbons (Fsp3) is 0.500. The third-order valence-electron chi connectivity index (χ3n) is 4.43. The summed E-state index contributed by atoms with van der Waals surface area (Å²) in [4.78, 5) is 4.32. The fourth-order valence-corrected chi connectivity index (χ4v) is 4.88. The van der Waals surface area contributed by atoms with Crippen molar-refractivity contribution < 1.29 is 0 Å². The highest BCUT2D eigenvalue weighted by Gasteiger charge is 2.14. The second-order valence-electron chi connectivity index (χ2n) is 6.58. The van der Waals surface area contributed by atoms with E-state index < -0.39 is 0 Å². The highest BCUT2D eigenvalue weighted by Crippen LogP contribution is 2.33. The summed E-state index contributed by atoms with van der Waals surface area (Å²) in [7, 11) is 0. The molecule has 150 valence electrons.